The fraction of sp³-hybridized carbons (Fsp3) is 1.00. The van der Waals surface area contributed by atoms with Gasteiger partial charge in [0.25, 0.3) is 0 Å². The van der Waals surface area contributed by atoms with Gasteiger partial charge < -0.3 is 10.4 Å². The molecule has 0 radical (unpaired) electrons. The van der Waals surface area contributed by atoms with Gasteiger partial charge in [0.15, 0.2) is 0 Å². The highest BCUT2D eigenvalue weighted by atomic mass is 32.2. The molecular formula is C9H21NOS. The zero-order valence-electron chi connectivity index (χ0n) is 8.18. The van der Waals surface area contributed by atoms with Crippen LogP contribution >= 0.6 is 11.8 Å². The summed E-state index contributed by atoms with van der Waals surface area (Å²) in [5.41, 5.74) is 0. The summed E-state index contributed by atoms with van der Waals surface area (Å²) in [6.45, 7) is 4.73. The zero-order chi connectivity index (χ0) is 9.23. The van der Waals surface area contributed by atoms with Crippen LogP contribution < -0.4 is 5.32 Å². The van der Waals surface area contributed by atoms with Crippen molar-refractivity contribution < 1.29 is 5.11 Å². The molecule has 1 unspecified atom stereocenters. The molecule has 0 aliphatic heterocycles. The Morgan fingerprint density at radius 3 is 2.75 bits per heavy atom. The Bertz CT molecular complexity index is 90.6. The van der Waals surface area contributed by atoms with Crippen molar-refractivity contribution in [3.8, 4) is 0 Å². The number of hydrogen-bond acceptors (Lipinski definition) is 3. The predicted molar refractivity (Wildman–Crippen MR) is 56.7 cm³/mol. The van der Waals surface area contributed by atoms with Crippen LogP contribution in [0.1, 0.15) is 19.8 Å². The van der Waals surface area contributed by atoms with Crippen LogP contribution in [0.5, 0.6) is 0 Å². The van der Waals surface area contributed by atoms with E-state index in [4.69, 9.17) is 5.11 Å². The summed E-state index contributed by atoms with van der Waals surface area (Å²) in [6.07, 6.45) is 4.15. The van der Waals surface area contributed by atoms with E-state index in [-0.39, 0.29) is 0 Å². The Kier molecular flexibility index (Phi) is 9.57. The lowest BCUT2D eigenvalue weighted by Crippen LogP contribution is -2.23. The molecule has 1 atom stereocenters. The summed E-state index contributed by atoms with van der Waals surface area (Å²) in [6, 6.07) is 0. The van der Waals surface area contributed by atoms with Crippen molar-refractivity contribution in [2.45, 2.75) is 19.8 Å². The molecule has 2 N–H and O–H groups in total. The summed E-state index contributed by atoms with van der Waals surface area (Å²) in [7, 11) is 0. The molecule has 0 aliphatic rings. The van der Waals surface area contributed by atoms with Crippen LogP contribution in [0.4, 0.5) is 0 Å². The molecule has 0 saturated heterocycles. The van der Waals surface area contributed by atoms with E-state index in [9.17, 15) is 0 Å². The molecule has 0 aromatic heterocycles. The third-order valence-electron chi connectivity index (χ3n) is 1.71. The SMILES string of the molecule is CSCC(C)CNCCCCO. The molecule has 0 aromatic carbocycles. The Morgan fingerprint density at radius 2 is 2.17 bits per heavy atom. The van der Waals surface area contributed by atoms with Crippen LogP contribution in [-0.2, 0) is 0 Å². The Morgan fingerprint density at radius 1 is 1.42 bits per heavy atom. The largest absolute Gasteiger partial charge is 0.396 e. The smallest absolute Gasteiger partial charge is 0.0431 e. The second-order valence-corrected chi connectivity index (χ2v) is 4.11. The van der Waals surface area contributed by atoms with Crippen molar-refractivity contribution in [3.63, 3.8) is 0 Å². The lowest BCUT2D eigenvalue weighted by Gasteiger charge is -2.10. The lowest BCUT2D eigenvalue weighted by atomic mass is 10.2. The first kappa shape index (κ1) is 12.3. The highest BCUT2D eigenvalue weighted by Gasteiger charge is 1.98. The van der Waals surface area contributed by atoms with Gasteiger partial charge in [0.05, 0.1) is 0 Å². The summed E-state index contributed by atoms with van der Waals surface area (Å²) >= 11 is 1.90. The van der Waals surface area contributed by atoms with Crippen LogP contribution in [-0.4, -0.2) is 36.8 Å². The minimum Gasteiger partial charge on any atom is -0.396 e. The van der Waals surface area contributed by atoms with E-state index in [0.29, 0.717) is 6.61 Å². The first-order valence-electron chi connectivity index (χ1n) is 4.61. The van der Waals surface area contributed by atoms with Crippen molar-refractivity contribution in [2.24, 2.45) is 5.92 Å². The first-order chi connectivity index (χ1) is 5.81. The number of hydrogen-bond donors (Lipinski definition) is 2. The summed E-state index contributed by atoms with van der Waals surface area (Å²) in [5, 5.41) is 11.9. The number of nitrogens with one attached hydrogen (secondary N) is 1. The van der Waals surface area contributed by atoms with E-state index in [1.807, 2.05) is 11.8 Å². The third-order valence-corrected chi connectivity index (χ3v) is 2.61. The Labute approximate surface area is 80.1 Å². The minimum atomic E-state index is 0.321. The molecule has 2 nitrogen and oxygen atoms in total. The van der Waals surface area contributed by atoms with Gasteiger partial charge in [0.1, 0.15) is 0 Å². The van der Waals surface area contributed by atoms with Gasteiger partial charge in [0.2, 0.25) is 0 Å². The standard InChI is InChI=1S/C9H21NOS/c1-9(8-12-2)7-10-5-3-4-6-11/h9-11H,3-8H2,1-2H3. The fourth-order valence-electron chi connectivity index (χ4n) is 1.05. The molecule has 0 amide bonds. The van der Waals surface area contributed by atoms with Gasteiger partial charge in [-0.2, -0.15) is 11.8 Å². The lowest BCUT2D eigenvalue weighted by molar-refractivity contribution is 0.283. The third kappa shape index (κ3) is 8.37. The molecule has 12 heavy (non-hydrogen) atoms. The normalized spacial score (nSPS) is 13.2. The van der Waals surface area contributed by atoms with Gasteiger partial charge in [-0.25, -0.2) is 0 Å². The molecular weight excluding hydrogens is 170 g/mol. The fourth-order valence-corrected chi connectivity index (χ4v) is 1.74. The summed E-state index contributed by atoms with van der Waals surface area (Å²) < 4.78 is 0. The van der Waals surface area contributed by atoms with Crippen LogP contribution in [0.25, 0.3) is 0 Å². The van der Waals surface area contributed by atoms with E-state index in [0.717, 1.165) is 31.8 Å². The monoisotopic (exact) mass is 191 g/mol. The van der Waals surface area contributed by atoms with E-state index < -0.39 is 0 Å². The van der Waals surface area contributed by atoms with Gasteiger partial charge in [-0.05, 0) is 43.9 Å². The average molecular weight is 191 g/mol. The highest BCUT2D eigenvalue weighted by molar-refractivity contribution is 7.98. The number of aliphatic hydroxyl groups is 1. The molecule has 0 saturated carbocycles. The zero-order valence-corrected chi connectivity index (χ0v) is 8.99. The Hall–Kier alpha value is 0.270. The molecule has 0 aliphatic carbocycles. The molecule has 0 rings (SSSR count). The topological polar surface area (TPSA) is 32.3 Å². The predicted octanol–water partition coefficient (Wildman–Crippen LogP) is 1.35. The number of rotatable bonds is 8. The van der Waals surface area contributed by atoms with E-state index in [1.165, 1.54) is 5.75 Å². The van der Waals surface area contributed by atoms with Gasteiger partial charge in [-0.3, -0.25) is 0 Å². The van der Waals surface area contributed by atoms with Crippen LogP contribution in [0.3, 0.4) is 0 Å². The molecule has 0 fully saturated rings. The van der Waals surface area contributed by atoms with Crippen LogP contribution in [0.15, 0.2) is 0 Å². The molecule has 0 bridgehead atoms. The second-order valence-electron chi connectivity index (χ2n) is 3.20. The van der Waals surface area contributed by atoms with E-state index in [2.05, 4.69) is 18.5 Å². The maximum absolute atomic E-state index is 8.53. The van der Waals surface area contributed by atoms with Gasteiger partial charge >= 0.3 is 0 Å². The van der Waals surface area contributed by atoms with E-state index in [1.54, 1.807) is 0 Å². The quantitative estimate of drug-likeness (QED) is 0.568. The maximum Gasteiger partial charge on any atom is 0.0431 e. The van der Waals surface area contributed by atoms with Gasteiger partial charge in [-0.15, -0.1) is 0 Å². The van der Waals surface area contributed by atoms with E-state index >= 15 is 0 Å². The number of thioether (sulfide) groups is 1. The molecule has 3 heteroatoms. The molecule has 0 heterocycles. The number of unbranched alkanes of at least 4 members (excludes halogenated alkanes) is 1. The van der Waals surface area contributed by atoms with Crippen molar-refractivity contribution >= 4 is 11.8 Å². The number of aliphatic hydroxyl groups excluding tert-OH is 1. The average Bonchev–Trinajstić information content (AvgIpc) is 2.05. The van der Waals surface area contributed by atoms with Crippen molar-refractivity contribution in [1.82, 2.24) is 5.32 Å². The highest BCUT2D eigenvalue weighted by Crippen LogP contribution is 2.02. The molecule has 74 valence electrons. The second kappa shape index (κ2) is 9.36. The van der Waals surface area contributed by atoms with Crippen molar-refractivity contribution in [2.75, 3.05) is 31.7 Å². The van der Waals surface area contributed by atoms with Crippen LogP contribution in [0, 0.1) is 5.92 Å². The maximum atomic E-state index is 8.53. The summed E-state index contributed by atoms with van der Waals surface area (Å²) in [4.78, 5) is 0. The van der Waals surface area contributed by atoms with Gasteiger partial charge in [0, 0.05) is 6.61 Å². The van der Waals surface area contributed by atoms with Crippen LogP contribution in [0.2, 0.25) is 0 Å². The van der Waals surface area contributed by atoms with Crippen molar-refractivity contribution in [1.29, 1.82) is 0 Å². The molecule has 0 aromatic rings. The first-order valence-corrected chi connectivity index (χ1v) is 6.01. The summed E-state index contributed by atoms with van der Waals surface area (Å²) in [5.74, 6) is 1.99. The van der Waals surface area contributed by atoms with Crippen molar-refractivity contribution in [3.05, 3.63) is 0 Å². The van der Waals surface area contributed by atoms with Gasteiger partial charge in [-0.1, -0.05) is 6.92 Å². The minimum absolute atomic E-state index is 0.321. The molecule has 0 spiro atoms. The Balaban J connectivity index is 2.97.